The molecule has 106 valence electrons. The van der Waals surface area contributed by atoms with Crippen LogP contribution in [0.2, 0.25) is 1.41 Å². The third kappa shape index (κ3) is 2.32. The molecule has 8 nitrogen and oxygen atoms in total. The van der Waals surface area contributed by atoms with E-state index >= 15 is 0 Å². The number of hydrogen-bond donors (Lipinski definition) is 1. The fourth-order valence-corrected chi connectivity index (χ4v) is 2.57. The van der Waals surface area contributed by atoms with Crippen LogP contribution in [0.15, 0.2) is 22.4 Å². The fraction of sp³-hybridized carbons (Fsp3) is 0.167. The summed E-state index contributed by atoms with van der Waals surface area (Å²) in [5.41, 5.74) is 0.800. The molecule has 21 heavy (non-hydrogen) atoms. The predicted molar refractivity (Wildman–Crippen MR) is 75.3 cm³/mol. The molecule has 3 heterocycles. The quantitative estimate of drug-likeness (QED) is 0.701. The molecule has 0 saturated carbocycles. The lowest BCUT2D eigenvalue weighted by Gasteiger charge is -2.04. The molecule has 9 heteroatoms. The molecule has 3 rings (SSSR count). The number of rotatable bonds is 4. The van der Waals surface area contributed by atoms with Crippen molar-refractivity contribution in [2.24, 2.45) is 7.05 Å². The molecule has 0 radical (unpaired) electrons. The second-order valence-electron chi connectivity index (χ2n) is 4.03. The smallest absolute Gasteiger partial charge is 0.368 e. The van der Waals surface area contributed by atoms with Gasteiger partial charge in [0, 0.05) is 30.3 Å². The number of nitrogens with one attached hydrogen (secondary N) is 1. The zero-order valence-corrected chi connectivity index (χ0v) is 11.7. The van der Waals surface area contributed by atoms with Crippen LogP contribution in [0.5, 0.6) is 5.88 Å². The van der Waals surface area contributed by atoms with Gasteiger partial charge >= 0.3 is 5.69 Å². The topological polar surface area (TPSA) is 90.6 Å². The summed E-state index contributed by atoms with van der Waals surface area (Å²) in [7, 11) is 1.51. The van der Waals surface area contributed by atoms with Gasteiger partial charge in [-0.2, -0.15) is 9.36 Å². The molecule has 0 bridgehead atoms. The van der Waals surface area contributed by atoms with Gasteiger partial charge in [0.2, 0.25) is 5.88 Å². The standard InChI is InChI=1S/C12H10N6O2S/c1-3-10-8(6-20-11-4-5-13-14-11)9(7-21-10)18-12(19)17(2)15-16-18/h1,4-5,7H,6H2,2H3,(H,13,14)/i/hT. The zero-order chi connectivity index (χ0) is 15.7. The Hall–Kier alpha value is -2.86. The van der Waals surface area contributed by atoms with Gasteiger partial charge in [-0.15, -0.1) is 22.9 Å². The van der Waals surface area contributed by atoms with Gasteiger partial charge in [0.25, 0.3) is 0 Å². The molecule has 0 aliphatic carbocycles. The Kier molecular flexibility index (Phi) is 2.99. The lowest BCUT2D eigenvalue weighted by molar-refractivity contribution is 0.293. The molecule has 0 spiro atoms. The van der Waals surface area contributed by atoms with Crippen molar-refractivity contribution in [2.45, 2.75) is 6.61 Å². The van der Waals surface area contributed by atoms with Crippen LogP contribution in [0.4, 0.5) is 0 Å². The lowest BCUT2D eigenvalue weighted by atomic mass is 10.2. The highest BCUT2D eigenvalue weighted by Crippen LogP contribution is 2.25. The van der Waals surface area contributed by atoms with Crippen LogP contribution >= 0.6 is 11.3 Å². The van der Waals surface area contributed by atoms with Crippen LogP contribution in [-0.4, -0.2) is 30.0 Å². The number of aromatic amines is 1. The van der Waals surface area contributed by atoms with Crippen LogP contribution in [0.25, 0.3) is 5.69 Å². The second-order valence-corrected chi connectivity index (χ2v) is 4.91. The van der Waals surface area contributed by atoms with E-state index in [4.69, 9.17) is 12.6 Å². The third-order valence-corrected chi connectivity index (χ3v) is 3.70. The number of terminal acetylenes is 1. The van der Waals surface area contributed by atoms with Gasteiger partial charge in [0.1, 0.15) is 6.61 Å². The Balaban J connectivity index is 1.96. The Morgan fingerprint density at radius 3 is 3.10 bits per heavy atom. The van der Waals surface area contributed by atoms with Gasteiger partial charge in [-0.3, -0.25) is 5.09 Å². The van der Waals surface area contributed by atoms with Gasteiger partial charge in [-0.05, 0) is 10.4 Å². The summed E-state index contributed by atoms with van der Waals surface area (Å²) in [6.07, 6.45) is 6.93. The van der Waals surface area contributed by atoms with E-state index in [1.165, 1.54) is 29.3 Å². The van der Waals surface area contributed by atoms with E-state index in [0.29, 0.717) is 22.0 Å². The van der Waals surface area contributed by atoms with Crippen molar-refractivity contribution < 1.29 is 6.15 Å². The zero-order valence-electron chi connectivity index (χ0n) is 11.9. The fourth-order valence-electron chi connectivity index (χ4n) is 1.72. The molecular weight excluding hydrogens is 292 g/mol. The van der Waals surface area contributed by atoms with E-state index < -0.39 is 0 Å². The largest absolute Gasteiger partial charge is 0.472 e. The summed E-state index contributed by atoms with van der Waals surface area (Å²) in [5, 5.41) is 13.9. The number of ether oxygens (including phenoxy) is 1. The maximum absolute atomic E-state index is 12.0. The van der Waals surface area contributed by atoms with E-state index in [1.54, 1.807) is 11.4 Å². The first kappa shape index (κ1) is 11.9. The summed E-state index contributed by atoms with van der Waals surface area (Å²) < 4.78 is 15.1. The molecule has 0 unspecified atom stereocenters. The van der Waals surface area contributed by atoms with Gasteiger partial charge in [0.15, 0.2) is 1.41 Å². The molecule has 1 N–H and O–H groups in total. The number of H-pyrrole nitrogens is 1. The van der Waals surface area contributed by atoms with E-state index in [2.05, 4.69) is 21.4 Å². The minimum atomic E-state index is -0.377. The number of aromatic nitrogens is 6. The predicted octanol–water partition coefficient (Wildman–Crippen LogP) is 0.311. The number of hydrogen-bond acceptors (Lipinski definition) is 6. The number of tetrazole rings is 1. The van der Waals surface area contributed by atoms with E-state index in [1.807, 2.05) is 0 Å². The summed E-state index contributed by atoms with van der Waals surface area (Å²) in [6, 6.07) is 1.56. The van der Waals surface area contributed by atoms with Gasteiger partial charge in [0.05, 0.1) is 10.6 Å². The van der Waals surface area contributed by atoms with Crippen molar-refractivity contribution in [3.05, 3.63) is 38.6 Å². The van der Waals surface area contributed by atoms with Crippen molar-refractivity contribution in [3.63, 3.8) is 0 Å². The molecule has 0 aromatic carbocycles. The summed E-state index contributed by atoms with van der Waals surface area (Å²) in [6.45, 7) is 0.110. The molecule has 0 amide bonds. The Morgan fingerprint density at radius 1 is 1.62 bits per heavy atom. The maximum Gasteiger partial charge on any atom is 0.368 e. The monoisotopic (exact) mass is 304 g/mol. The Morgan fingerprint density at radius 2 is 2.48 bits per heavy atom. The summed E-state index contributed by atoms with van der Waals surface area (Å²) >= 11 is 1.31. The SMILES string of the molecule is [3H]n1ccc(OCc2c(-n3nnn(C)c3=O)csc2C#C)n1. The van der Waals surface area contributed by atoms with E-state index in [9.17, 15) is 4.79 Å². The summed E-state index contributed by atoms with van der Waals surface area (Å²) in [5.74, 6) is 2.85. The first-order chi connectivity index (χ1) is 10.6. The molecular formula is C12H10N6O2S. The highest BCUT2D eigenvalue weighted by molar-refractivity contribution is 7.11. The number of thiophene rings is 1. The Bertz CT molecular complexity index is 915. The van der Waals surface area contributed by atoms with Crippen molar-refractivity contribution in [1.29, 1.82) is 0 Å². The van der Waals surface area contributed by atoms with Gasteiger partial charge < -0.3 is 4.74 Å². The van der Waals surface area contributed by atoms with Gasteiger partial charge in [-0.1, -0.05) is 5.92 Å². The van der Waals surface area contributed by atoms with Crippen molar-refractivity contribution in [1.82, 2.24) is 30.0 Å². The molecule has 0 atom stereocenters. The maximum atomic E-state index is 12.0. The summed E-state index contributed by atoms with van der Waals surface area (Å²) in [4.78, 5) is 12.6. The normalized spacial score (nSPS) is 11.1. The molecule has 0 saturated heterocycles. The van der Waals surface area contributed by atoms with Crippen LogP contribution in [-0.2, 0) is 13.7 Å². The Labute approximate surface area is 124 Å². The number of aryl methyl sites for hydroxylation is 1. The molecule has 0 aliphatic rings. The number of nitrogens with zero attached hydrogens (tertiary/aromatic N) is 5. The molecule has 3 aromatic rings. The van der Waals surface area contributed by atoms with Crippen molar-refractivity contribution in [3.8, 4) is 23.9 Å². The minimum absolute atomic E-state index is 0.110. The molecule has 3 aromatic heterocycles. The minimum Gasteiger partial charge on any atom is -0.472 e. The van der Waals surface area contributed by atoms with Crippen LogP contribution in [0, 0.1) is 12.3 Å². The highest BCUT2D eigenvalue weighted by atomic mass is 32.1. The molecule has 0 aliphatic heterocycles. The highest BCUT2D eigenvalue weighted by Gasteiger charge is 2.17. The van der Waals surface area contributed by atoms with Crippen LogP contribution in [0.1, 0.15) is 10.4 Å². The van der Waals surface area contributed by atoms with Gasteiger partial charge in [-0.25, -0.2) is 4.79 Å². The van der Waals surface area contributed by atoms with Crippen molar-refractivity contribution in [2.75, 3.05) is 0 Å². The first-order valence-electron chi connectivity index (χ1n) is 6.29. The van der Waals surface area contributed by atoms with Crippen LogP contribution < -0.4 is 10.4 Å². The molecule has 0 fully saturated rings. The first-order valence-corrected chi connectivity index (χ1v) is 6.72. The average Bonchev–Trinajstić information content (AvgIpc) is 3.18. The third-order valence-electron chi connectivity index (χ3n) is 2.76. The van der Waals surface area contributed by atoms with Crippen molar-refractivity contribution >= 4 is 11.3 Å². The lowest BCUT2D eigenvalue weighted by Crippen LogP contribution is -2.22. The van der Waals surface area contributed by atoms with E-state index in [0.717, 1.165) is 9.77 Å². The second kappa shape index (κ2) is 5.26. The average molecular weight is 304 g/mol. The van der Waals surface area contributed by atoms with Crippen LogP contribution in [0.3, 0.4) is 0 Å². The van der Waals surface area contributed by atoms with E-state index in [-0.39, 0.29) is 12.3 Å².